The summed E-state index contributed by atoms with van der Waals surface area (Å²) in [4.78, 5) is 4.18. The quantitative estimate of drug-likeness (QED) is 0.781. The highest BCUT2D eigenvalue weighted by Gasteiger charge is 2.10. The second-order valence-corrected chi connectivity index (χ2v) is 5.80. The van der Waals surface area contributed by atoms with Crippen molar-refractivity contribution in [3.05, 3.63) is 76.5 Å². The van der Waals surface area contributed by atoms with Gasteiger partial charge in [0.05, 0.1) is 0 Å². The summed E-state index contributed by atoms with van der Waals surface area (Å²) in [6.07, 6.45) is 4.41. The zero-order chi connectivity index (χ0) is 13.9. The molecule has 100 valence electrons. The molecular weight excluding hydrogens is 312 g/mol. The predicted molar refractivity (Wildman–Crippen MR) is 86.5 cm³/mol. The first-order valence-corrected chi connectivity index (χ1v) is 7.36. The molecule has 2 aromatic carbocycles. The van der Waals surface area contributed by atoms with Crippen LogP contribution in [0.1, 0.15) is 17.2 Å². The van der Waals surface area contributed by atoms with E-state index in [2.05, 4.69) is 63.4 Å². The van der Waals surface area contributed by atoms with Crippen LogP contribution in [0.5, 0.6) is 0 Å². The summed E-state index contributed by atoms with van der Waals surface area (Å²) in [6, 6.07) is 16.8. The Kier molecular flexibility index (Phi) is 3.81. The summed E-state index contributed by atoms with van der Waals surface area (Å²) in [5, 5.41) is 2.53. The molecule has 1 unspecified atom stereocenters. The van der Waals surface area contributed by atoms with Gasteiger partial charge in [-0.25, -0.2) is 0 Å². The normalized spacial score (nSPS) is 12.5. The zero-order valence-electron chi connectivity index (χ0n) is 11.0. The molecule has 0 aliphatic rings. The van der Waals surface area contributed by atoms with E-state index in [0.717, 1.165) is 16.5 Å². The summed E-state index contributed by atoms with van der Waals surface area (Å²) >= 11 is 3.44. The van der Waals surface area contributed by atoms with Gasteiger partial charge in [-0.1, -0.05) is 42.5 Å². The van der Waals surface area contributed by atoms with Crippen LogP contribution in [0.25, 0.3) is 10.8 Å². The molecule has 1 aromatic heterocycles. The molecule has 0 fully saturated rings. The number of nitrogens with two attached hydrogens (primary N) is 1. The third-order valence-corrected chi connectivity index (χ3v) is 3.91. The highest BCUT2D eigenvalue weighted by atomic mass is 79.9. The fourth-order valence-electron chi connectivity index (χ4n) is 2.46. The van der Waals surface area contributed by atoms with E-state index >= 15 is 0 Å². The molecule has 0 amide bonds. The minimum Gasteiger partial charge on any atom is -0.324 e. The van der Waals surface area contributed by atoms with E-state index in [4.69, 9.17) is 5.73 Å². The number of aromatic nitrogens is 1. The molecule has 0 saturated heterocycles. The number of pyridine rings is 1. The molecule has 0 aliphatic carbocycles. The van der Waals surface area contributed by atoms with Crippen molar-refractivity contribution >= 4 is 26.7 Å². The van der Waals surface area contributed by atoms with Crippen LogP contribution < -0.4 is 5.73 Å². The maximum atomic E-state index is 6.33. The lowest BCUT2D eigenvalue weighted by Crippen LogP contribution is -2.13. The Morgan fingerprint density at radius 3 is 2.70 bits per heavy atom. The number of hydrogen-bond acceptors (Lipinski definition) is 2. The van der Waals surface area contributed by atoms with E-state index in [1.54, 1.807) is 6.20 Å². The van der Waals surface area contributed by atoms with Crippen molar-refractivity contribution in [3.8, 4) is 0 Å². The molecule has 1 heterocycles. The Morgan fingerprint density at radius 1 is 1.05 bits per heavy atom. The fraction of sp³-hybridized carbons (Fsp3) is 0.118. The summed E-state index contributed by atoms with van der Waals surface area (Å²) in [6.45, 7) is 0. The van der Waals surface area contributed by atoms with E-state index in [1.807, 2.05) is 12.3 Å². The zero-order valence-corrected chi connectivity index (χ0v) is 12.5. The molecule has 3 aromatic rings. The van der Waals surface area contributed by atoms with Crippen molar-refractivity contribution in [1.29, 1.82) is 0 Å². The van der Waals surface area contributed by atoms with Crippen molar-refractivity contribution in [3.63, 3.8) is 0 Å². The van der Waals surface area contributed by atoms with Crippen LogP contribution in [-0.4, -0.2) is 4.98 Å². The predicted octanol–water partition coefficient (Wildman–Crippen LogP) is 4.24. The highest BCUT2D eigenvalue weighted by Crippen LogP contribution is 2.24. The van der Waals surface area contributed by atoms with E-state index in [0.29, 0.717) is 0 Å². The van der Waals surface area contributed by atoms with Crippen molar-refractivity contribution in [2.24, 2.45) is 5.73 Å². The Morgan fingerprint density at radius 2 is 1.85 bits per heavy atom. The second kappa shape index (κ2) is 5.73. The van der Waals surface area contributed by atoms with Gasteiger partial charge in [0.1, 0.15) is 0 Å². The Balaban J connectivity index is 1.93. The van der Waals surface area contributed by atoms with Crippen LogP contribution in [0.3, 0.4) is 0 Å². The number of hydrogen-bond donors (Lipinski definition) is 1. The van der Waals surface area contributed by atoms with Gasteiger partial charge in [0.15, 0.2) is 0 Å². The largest absolute Gasteiger partial charge is 0.324 e. The highest BCUT2D eigenvalue weighted by molar-refractivity contribution is 9.10. The second-order valence-electron chi connectivity index (χ2n) is 4.89. The van der Waals surface area contributed by atoms with Gasteiger partial charge in [-0.05, 0) is 50.3 Å². The number of fused-ring (bicyclic) bond motifs is 1. The average Bonchev–Trinajstić information content (AvgIpc) is 2.47. The van der Waals surface area contributed by atoms with E-state index < -0.39 is 0 Å². The monoisotopic (exact) mass is 326 g/mol. The van der Waals surface area contributed by atoms with Gasteiger partial charge in [-0.15, -0.1) is 0 Å². The Hall–Kier alpha value is -1.71. The third-order valence-electron chi connectivity index (χ3n) is 3.47. The molecule has 0 bridgehead atoms. The van der Waals surface area contributed by atoms with Crippen LogP contribution in [0.15, 0.2) is 65.4 Å². The van der Waals surface area contributed by atoms with Gasteiger partial charge in [-0.2, -0.15) is 0 Å². The van der Waals surface area contributed by atoms with Gasteiger partial charge in [0.25, 0.3) is 0 Å². The average molecular weight is 327 g/mol. The van der Waals surface area contributed by atoms with Crippen LogP contribution >= 0.6 is 15.9 Å². The smallest absolute Gasteiger partial charge is 0.0410 e. The standard InChI is InChI=1S/C17H15BrN2/c18-15-8-14(10-20-11-15)17(19)9-13-6-3-5-12-4-1-2-7-16(12)13/h1-8,10-11,17H,9,19H2. The summed E-state index contributed by atoms with van der Waals surface area (Å²) in [7, 11) is 0. The first-order chi connectivity index (χ1) is 9.74. The molecule has 1 atom stereocenters. The molecule has 0 aliphatic heterocycles. The summed E-state index contributed by atoms with van der Waals surface area (Å²) in [5.41, 5.74) is 8.65. The first-order valence-electron chi connectivity index (χ1n) is 6.57. The molecule has 2 N–H and O–H groups in total. The van der Waals surface area contributed by atoms with Crippen LogP contribution in [0.2, 0.25) is 0 Å². The number of halogens is 1. The van der Waals surface area contributed by atoms with Gasteiger partial charge in [0, 0.05) is 22.9 Å². The maximum Gasteiger partial charge on any atom is 0.0410 e. The lowest BCUT2D eigenvalue weighted by Gasteiger charge is -2.14. The van der Waals surface area contributed by atoms with Gasteiger partial charge < -0.3 is 5.73 Å². The molecule has 2 nitrogen and oxygen atoms in total. The Labute approximate surface area is 126 Å². The van der Waals surface area contributed by atoms with Gasteiger partial charge in [0.2, 0.25) is 0 Å². The van der Waals surface area contributed by atoms with Crippen LogP contribution in [0, 0.1) is 0 Å². The fourth-order valence-corrected chi connectivity index (χ4v) is 2.84. The Bertz CT molecular complexity index is 734. The molecular formula is C17H15BrN2. The topological polar surface area (TPSA) is 38.9 Å². The number of rotatable bonds is 3. The van der Waals surface area contributed by atoms with Crippen LogP contribution in [0.4, 0.5) is 0 Å². The van der Waals surface area contributed by atoms with Gasteiger partial charge in [-0.3, -0.25) is 4.98 Å². The minimum atomic E-state index is -0.0502. The minimum absolute atomic E-state index is 0.0502. The van der Waals surface area contributed by atoms with Crippen molar-refractivity contribution in [1.82, 2.24) is 4.98 Å². The molecule has 20 heavy (non-hydrogen) atoms. The third kappa shape index (κ3) is 2.74. The number of nitrogens with zero attached hydrogens (tertiary/aromatic N) is 1. The molecule has 3 heteroatoms. The van der Waals surface area contributed by atoms with Crippen molar-refractivity contribution < 1.29 is 0 Å². The SMILES string of the molecule is NC(Cc1cccc2ccccc12)c1cncc(Br)c1. The maximum absolute atomic E-state index is 6.33. The molecule has 0 radical (unpaired) electrons. The van der Waals surface area contributed by atoms with Gasteiger partial charge >= 0.3 is 0 Å². The molecule has 0 saturated carbocycles. The van der Waals surface area contributed by atoms with E-state index in [1.165, 1.54) is 16.3 Å². The van der Waals surface area contributed by atoms with Crippen LogP contribution in [-0.2, 0) is 6.42 Å². The number of benzene rings is 2. The van der Waals surface area contributed by atoms with E-state index in [-0.39, 0.29) is 6.04 Å². The lowest BCUT2D eigenvalue weighted by atomic mass is 9.96. The summed E-state index contributed by atoms with van der Waals surface area (Å²) in [5.74, 6) is 0. The molecule has 0 spiro atoms. The first kappa shape index (κ1) is 13.3. The van der Waals surface area contributed by atoms with E-state index in [9.17, 15) is 0 Å². The van der Waals surface area contributed by atoms with Crippen molar-refractivity contribution in [2.75, 3.05) is 0 Å². The van der Waals surface area contributed by atoms with Crippen molar-refractivity contribution in [2.45, 2.75) is 12.5 Å². The molecule has 3 rings (SSSR count). The summed E-state index contributed by atoms with van der Waals surface area (Å²) < 4.78 is 0.961. The lowest BCUT2D eigenvalue weighted by molar-refractivity contribution is 0.721.